The van der Waals surface area contributed by atoms with Crippen LogP contribution in [0, 0.1) is 16.7 Å². The molecule has 0 radical (unpaired) electrons. The molecule has 5 heteroatoms. The molecule has 5 nitrogen and oxygen atoms in total. The molecule has 6 rings (SSSR count). The number of hydrogen-bond donors (Lipinski definition) is 0. The first-order chi connectivity index (χ1) is 11.7. The average Bonchev–Trinajstić information content (AvgIpc) is 3.11. The van der Waals surface area contributed by atoms with Crippen molar-refractivity contribution in [1.29, 1.82) is 0 Å². The maximum absolute atomic E-state index is 13.3. The molecule has 2 bridgehead atoms. The van der Waals surface area contributed by atoms with Crippen LogP contribution in [0.2, 0.25) is 0 Å². The molecule has 4 aliphatic rings. The molecule has 3 aliphatic carbocycles. The van der Waals surface area contributed by atoms with Crippen molar-refractivity contribution < 1.29 is 0 Å². The lowest BCUT2D eigenvalue weighted by Gasteiger charge is -2.65. The van der Waals surface area contributed by atoms with E-state index in [0.717, 1.165) is 0 Å². The zero-order valence-corrected chi connectivity index (χ0v) is 15.3. The zero-order valence-electron chi connectivity index (χ0n) is 15.3. The number of rotatable bonds is 1. The van der Waals surface area contributed by atoms with Crippen LogP contribution in [-0.2, 0) is 12.1 Å². The molecule has 1 aromatic heterocycles. The Morgan fingerprint density at radius 3 is 2.24 bits per heavy atom. The Morgan fingerprint density at radius 2 is 1.64 bits per heavy atom. The molecule has 130 valence electrons. The number of allylic oxidation sites excluding steroid dienone is 2. The van der Waals surface area contributed by atoms with Crippen molar-refractivity contribution in [3.05, 3.63) is 62.4 Å². The third-order valence-electron chi connectivity index (χ3n) is 8.36. The lowest BCUT2D eigenvalue weighted by molar-refractivity contribution is -0.156. The van der Waals surface area contributed by atoms with E-state index in [0.29, 0.717) is 18.2 Å². The Kier molecular flexibility index (Phi) is 2.35. The minimum absolute atomic E-state index is 0.0888. The van der Waals surface area contributed by atoms with Gasteiger partial charge in [0.2, 0.25) is 0 Å². The highest BCUT2D eigenvalue weighted by molar-refractivity contribution is 5.52. The van der Waals surface area contributed by atoms with Gasteiger partial charge in [-0.3, -0.25) is 0 Å². The van der Waals surface area contributed by atoms with Crippen molar-refractivity contribution in [1.82, 2.24) is 13.9 Å². The van der Waals surface area contributed by atoms with Gasteiger partial charge in [0.1, 0.15) is 0 Å². The second-order valence-corrected chi connectivity index (χ2v) is 8.32. The van der Waals surface area contributed by atoms with Crippen LogP contribution in [0.5, 0.6) is 0 Å². The van der Waals surface area contributed by atoms with Gasteiger partial charge < -0.3 is 0 Å². The number of para-hydroxylation sites is 1. The molecular weight excluding hydrogens is 314 g/mol. The Morgan fingerprint density at radius 1 is 1.00 bits per heavy atom. The monoisotopic (exact) mass is 337 g/mol. The Hall–Kier alpha value is -2.30. The first-order valence-corrected chi connectivity index (χ1v) is 8.94. The fraction of sp³-hybridized carbons (Fsp3) is 0.500. The normalized spacial score (nSPS) is 37.9. The molecule has 1 fully saturated rings. The summed E-state index contributed by atoms with van der Waals surface area (Å²) in [7, 11) is 0. The van der Waals surface area contributed by atoms with Gasteiger partial charge in [0.25, 0.3) is 0 Å². The third-order valence-corrected chi connectivity index (χ3v) is 8.36. The van der Waals surface area contributed by atoms with Crippen molar-refractivity contribution >= 4 is 0 Å². The van der Waals surface area contributed by atoms with Gasteiger partial charge >= 0.3 is 11.4 Å². The molecule has 1 aliphatic heterocycles. The predicted molar refractivity (Wildman–Crippen MR) is 96.0 cm³/mol. The van der Waals surface area contributed by atoms with E-state index in [1.807, 2.05) is 30.3 Å². The van der Waals surface area contributed by atoms with Crippen molar-refractivity contribution in [3.63, 3.8) is 0 Å². The van der Waals surface area contributed by atoms with Crippen LogP contribution < -0.4 is 11.4 Å². The van der Waals surface area contributed by atoms with E-state index in [1.165, 1.54) is 15.7 Å². The highest BCUT2D eigenvalue weighted by atomic mass is 16.2. The highest BCUT2D eigenvalue weighted by Crippen LogP contribution is 2.82. The van der Waals surface area contributed by atoms with Crippen molar-refractivity contribution in [2.75, 3.05) is 0 Å². The first-order valence-electron chi connectivity index (χ1n) is 8.94. The summed E-state index contributed by atoms with van der Waals surface area (Å²) in [4.78, 5) is 26.4. The van der Waals surface area contributed by atoms with E-state index in [1.54, 1.807) is 9.36 Å². The van der Waals surface area contributed by atoms with E-state index >= 15 is 0 Å². The minimum atomic E-state index is -0.371. The molecule has 0 amide bonds. The van der Waals surface area contributed by atoms with E-state index in [9.17, 15) is 9.59 Å². The highest BCUT2D eigenvalue weighted by Gasteiger charge is 2.84. The first kappa shape index (κ1) is 15.0. The summed E-state index contributed by atoms with van der Waals surface area (Å²) in [6, 6.07) is 9.21. The molecular formula is C20H23N3O2. The van der Waals surface area contributed by atoms with Gasteiger partial charge in [0.05, 0.1) is 17.8 Å². The van der Waals surface area contributed by atoms with Gasteiger partial charge in [0.15, 0.2) is 0 Å². The maximum Gasteiger partial charge on any atom is 0.352 e. The summed E-state index contributed by atoms with van der Waals surface area (Å²) in [5.74, 6) is 0.432. The summed E-state index contributed by atoms with van der Waals surface area (Å²) in [5.41, 5.74) is 2.37. The number of benzene rings is 1. The van der Waals surface area contributed by atoms with E-state index in [4.69, 9.17) is 0 Å². The molecule has 1 unspecified atom stereocenters. The number of fused-ring (bicyclic) bond motifs is 1. The predicted octanol–water partition coefficient (Wildman–Crippen LogP) is 2.52. The molecule has 1 aromatic carbocycles. The average molecular weight is 337 g/mol. The van der Waals surface area contributed by atoms with Crippen LogP contribution in [0.15, 0.2) is 51.1 Å². The summed E-state index contributed by atoms with van der Waals surface area (Å²) in [5, 5.41) is 0. The topological polar surface area (TPSA) is 48.9 Å². The zero-order chi connectivity index (χ0) is 17.9. The number of nitrogens with zero attached hydrogens (tertiary/aromatic N) is 3. The summed E-state index contributed by atoms with van der Waals surface area (Å²) in [6.07, 6.45) is 0. The smallest absolute Gasteiger partial charge is 0.246 e. The molecule has 2 heterocycles. The molecule has 0 saturated heterocycles. The second-order valence-electron chi connectivity index (χ2n) is 8.32. The van der Waals surface area contributed by atoms with E-state index in [-0.39, 0.29) is 27.7 Å². The number of aromatic nitrogens is 3. The van der Waals surface area contributed by atoms with Gasteiger partial charge in [-0.15, -0.1) is 0 Å². The van der Waals surface area contributed by atoms with Gasteiger partial charge in [0, 0.05) is 10.8 Å². The van der Waals surface area contributed by atoms with Crippen molar-refractivity contribution in [2.24, 2.45) is 16.7 Å². The largest absolute Gasteiger partial charge is 0.352 e. The minimum Gasteiger partial charge on any atom is -0.246 e. The molecule has 2 aromatic rings. The molecule has 4 atom stereocenters. The molecule has 1 saturated carbocycles. The van der Waals surface area contributed by atoms with Crippen molar-refractivity contribution in [3.8, 4) is 5.69 Å². The number of hydrogen-bond acceptors (Lipinski definition) is 2. The second kappa shape index (κ2) is 3.92. The quantitative estimate of drug-likeness (QED) is 0.751. The van der Waals surface area contributed by atoms with Gasteiger partial charge in [-0.1, -0.05) is 43.2 Å². The Labute approximate surface area is 146 Å². The van der Waals surface area contributed by atoms with E-state index < -0.39 is 0 Å². The van der Waals surface area contributed by atoms with Gasteiger partial charge in [-0.05, 0) is 38.8 Å². The Bertz CT molecular complexity index is 1090. The molecule has 0 N–H and O–H groups in total. The van der Waals surface area contributed by atoms with E-state index in [2.05, 4.69) is 34.6 Å². The lowest BCUT2D eigenvalue weighted by Crippen LogP contribution is -2.70. The summed E-state index contributed by atoms with van der Waals surface area (Å²) < 4.78 is 4.77. The van der Waals surface area contributed by atoms with Crippen molar-refractivity contribution in [2.45, 2.75) is 46.7 Å². The lowest BCUT2D eigenvalue weighted by atomic mass is 9.39. The van der Waals surface area contributed by atoms with Crippen LogP contribution in [0.3, 0.4) is 0 Å². The van der Waals surface area contributed by atoms with Crippen LogP contribution in [-0.4, -0.2) is 13.9 Å². The fourth-order valence-corrected chi connectivity index (χ4v) is 6.73. The van der Waals surface area contributed by atoms with Crippen LogP contribution >= 0.6 is 0 Å². The molecule has 25 heavy (non-hydrogen) atoms. The van der Waals surface area contributed by atoms with Gasteiger partial charge in [-0.25, -0.2) is 23.5 Å². The summed E-state index contributed by atoms with van der Waals surface area (Å²) >= 11 is 0. The Balaban J connectivity index is 1.83. The van der Waals surface area contributed by atoms with Crippen LogP contribution in [0.1, 0.15) is 34.6 Å². The van der Waals surface area contributed by atoms with Crippen LogP contribution in [0.4, 0.5) is 0 Å². The van der Waals surface area contributed by atoms with Crippen LogP contribution in [0.25, 0.3) is 5.69 Å². The standard InChI is InChI=1S/C20H23N3O2/c1-12-13(2)20-11-21-16(24)22(15-9-7-6-8-10-15)17(25)23(21)19(20,5)18(12,4)14(20)3/h6-10,14H,11H2,1-5H3/t14?,18-,19-,20+/m1/s1. The fourth-order valence-electron chi connectivity index (χ4n) is 6.73. The SMILES string of the molecule is CC1=C(C)[C@]2(C)C(C)[C@]13Cn1c(=O)n(-c4ccccc4)c(=O)n1[C@@]32C. The maximum atomic E-state index is 13.3. The third kappa shape index (κ3) is 1.12. The molecule has 1 spiro atoms. The van der Waals surface area contributed by atoms with Gasteiger partial charge in [-0.2, -0.15) is 0 Å². The summed E-state index contributed by atoms with van der Waals surface area (Å²) in [6.45, 7) is 11.7.